The molecule has 3 rings (SSSR count). The lowest BCUT2D eigenvalue weighted by Crippen LogP contribution is -2.49. The van der Waals surface area contributed by atoms with Crippen LogP contribution in [0, 0.1) is 0 Å². The first kappa shape index (κ1) is 22.9. The van der Waals surface area contributed by atoms with Crippen LogP contribution >= 0.6 is 0 Å². The minimum absolute atomic E-state index is 0.228. The van der Waals surface area contributed by atoms with Crippen LogP contribution in [0.3, 0.4) is 0 Å². The molecule has 2 bridgehead atoms. The van der Waals surface area contributed by atoms with Gasteiger partial charge in [0.2, 0.25) is 0 Å². The molecule has 2 aromatic heterocycles. The third kappa shape index (κ3) is 6.88. The predicted octanol–water partition coefficient (Wildman–Crippen LogP) is 4.94. The Morgan fingerprint density at radius 2 is 1.52 bits per heavy atom. The number of carbonyl (C=O) groups excluding carboxylic acids is 3. The van der Waals surface area contributed by atoms with E-state index in [9.17, 15) is 14.4 Å². The average molecular weight is 423 g/mol. The smallest absolute Gasteiger partial charge is 0.457 e. The molecule has 0 spiro atoms. The van der Waals surface area contributed by atoms with Crippen LogP contribution in [0.25, 0.3) is 11.2 Å². The maximum Gasteiger partial charge on any atom is 0.705 e. The van der Waals surface area contributed by atoms with Gasteiger partial charge in [0.1, 0.15) is 11.2 Å². The maximum absolute atomic E-state index is 10.9. The third-order valence-corrected chi connectivity index (χ3v) is 7.62. The van der Waals surface area contributed by atoms with Gasteiger partial charge in [0, 0.05) is 26.3 Å². The van der Waals surface area contributed by atoms with Crippen LogP contribution in [0.2, 0.25) is 6.04 Å². The summed E-state index contributed by atoms with van der Waals surface area (Å²) in [6.45, 7) is 5.32. The van der Waals surface area contributed by atoms with E-state index in [1.54, 1.807) is 6.92 Å². The van der Waals surface area contributed by atoms with E-state index in [2.05, 4.69) is 18.2 Å². The molecule has 2 aromatic rings. The fraction of sp³-hybridized carbons (Fsp3) is 0.571. The van der Waals surface area contributed by atoms with Crippen LogP contribution in [0.1, 0.15) is 77.7 Å². The van der Waals surface area contributed by atoms with Gasteiger partial charge in [0.25, 0.3) is 17.9 Å². The molecule has 29 heavy (non-hydrogen) atoms. The minimum atomic E-state index is -3.53. The van der Waals surface area contributed by atoms with Crippen molar-refractivity contribution >= 4 is 37.9 Å². The summed E-state index contributed by atoms with van der Waals surface area (Å²) in [6.07, 6.45) is 7.51. The summed E-state index contributed by atoms with van der Waals surface area (Å²) < 4.78 is 20.3. The van der Waals surface area contributed by atoms with E-state index in [1.807, 2.05) is 0 Å². The molecule has 0 unspecified atom stereocenters. The Labute approximate surface area is 172 Å². The van der Waals surface area contributed by atoms with Crippen LogP contribution in [0.15, 0.2) is 22.6 Å². The fourth-order valence-corrected chi connectivity index (χ4v) is 6.08. The Morgan fingerprint density at radius 1 is 0.966 bits per heavy atom. The Balaban J connectivity index is 0.000000209. The average Bonchev–Trinajstić information content (AvgIpc) is 3.24. The van der Waals surface area contributed by atoms with Crippen molar-refractivity contribution in [3.05, 3.63) is 23.8 Å². The van der Waals surface area contributed by atoms with E-state index < -0.39 is 26.7 Å². The lowest BCUT2D eigenvalue weighted by molar-refractivity contribution is -0.147. The van der Waals surface area contributed by atoms with Gasteiger partial charge < -0.3 is 17.7 Å². The molecule has 0 N–H and O–H groups in total. The quantitative estimate of drug-likeness (QED) is 0.609. The number of furan rings is 2. The molecule has 7 nitrogen and oxygen atoms in total. The zero-order valence-electron chi connectivity index (χ0n) is 17.6. The molecule has 1 saturated carbocycles. The standard InChI is InChI=1S/C12H14O.C9H16O6Si/c1-2-4-9(5-3-1)11-8-10-6-7-12(11)13-10;1-5-6-16(13-7(2)10,14-8(3)11)15-9(4)12/h6-9H,1-5H2;5-6H2,1-4H3. The topological polar surface area (TPSA) is 92.0 Å². The van der Waals surface area contributed by atoms with Gasteiger partial charge in [-0.05, 0) is 43.4 Å². The van der Waals surface area contributed by atoms with Crippen molar-refractivity contribution in [3.63, 3.8) is 0 Å². The van der Waals surface area contributed by atoms with Crippen LogP contribution in [0.4, 0.5) is 0 Å². The number of benzene rings is 1. The number of carbonyl (C=O) groups is 3. The molecule has 8 heteroatoms. The van der Waals surface area contributed by atoms with Crippen molar-refractivity contribution in [1.82, 2.24) is 0 Å². The van der Waals surface area contributed by atoms with Crippen LogP contribution < -0.4 is 0 Å². The van der Waals surface area contributed by atoms with Crippen molar-refractivity contribution in [3.8, 4) is 0 Å². The van der Waals surface area contributed by atoms with E-state index in [0.29, 0.717) is 6.42 Å². The molecule has 1 aliphatic carbocycles. The van der Waals surface area contributed by atoms with Crippen molar-refractivity contribution in [2.45, 2.75) is 78.2 Å². The molecule has 0 atom stereocenters. The summed E-state index contributed by atoms with van der Waals surface area (Å²) in [5.41, 5.74) is 3.65. The molecule has 0 saturated heterocycles. The van der Waals surface area contributed by atoms with Crippen molar-refractivity contribution in [2.24, 2.45) is 0 Å². The first-order valence-electron chi connectivity index (χ1n) is 10.1. The molecule has 1 aliphatic rings. The third-order valence-electron chi connectivity index (χ3n) is 4.71. The van der Waals surface area contributed by atoms with Gasteiger partial charge in [0.15, 0.2) is 0 Å². The molecule has 1 fully saturated rings. The Morgan fingerprint density at radius 3 is 1.90 bits per heavy atom. The Hall–Kier alpha value is -2.35. The summed E-state index contributed by atoms with van der Waals surface area (Å²) in [4.78, 5) is 32.8. The van der Waals surface area contributed by atoms with E-state index in [-0.39, 0.29) is 6.04 Å². The molecule has 160 valence electrons. The highest BCUT2D eigenvalue weighted by atomic mass is 28.4. The van der Waals surface area contributed by atoms with E-state index in [1.165, 1.54) is 58.4 Å². The van der Waals surface area contributed by atoms with Crippen LogP contribution in [-0.4, -0.2) is 26.7 Å². The molecule has 2 heterocycles. The number of rotatable bonds is 6. The van der Waals surface area contributed by atoms with E-state index in [0.717, 1.165) is 17.1 Å². The van der Waals surface area contributed by atoms with Gasteiger partial charge in [0.05, 0.1) is 6.04 Å². The number of fused-ring (bicyclic) bond motifs is 2. The largest absolute Gasteiger partial charge is 0.705 e. The highest BCUT2D eigenvalue weighted by Gasteiger charge is 2.50. The van der Waals surface area contributed by atoms with Gasteiger partial charge in [-0.3, -0.25) is 14.4 Å². The molecular weight excluding hydrogens is 392 g/mol. The second-order valence-electron chi connectivity index (χ2n) is 7.35. The first-order valence-corrected chi connectivity index (χ1v) is 12.1. The van der Waals surface area contributed by atoms with Gasteiger partial charge in [-0.1, -0.05) is 26.2 Å². The van der Waals surface area contributed by atoms with Crippen molar-refractivity contribution in [2.75, 3.05) is 0 Å². The summed E-state index contributed by atoms with van der Waals surface area (Å²) in [5.74, 6) is -1.13. The summed E-state index contributed by atoms with van der Waals surface area (Å²) >= 11 is 0. The lowest BCUT2D eigenvalue weighted by Gasteiger charge is -2.25. The second kappa shape index (κ2) is 10.4. The predicted molar refractivity (Wildman–Crippen MR) is 109 cm³/mol. The summed E-state index contributed by atoms with van der Waals surface area (Å²) in [6, 6.07) is 6.62. The number of hydrogen-bond acceptors (Lipinski definition) is 7. The Bertz CT molecular complexity index is 766. The SMILES string of the molecule is CCC[Si](OC(C)=O)(OC(C)=O)OC(C)=O.c1cc2oc1cc2C1CCCCC1. The summed E-state index contributed by atoms with van der Waals surface area (Å²) in [7, 11) is -3.53. The molecule has 0 radical (unpaired) electrons. The van der Waals surface area contributed by atoms with Crippen LogP contribution in [0.5, 0.6) is 0 Å². The van der Waals surface area contributed by atoms with Gasteiger partial charge in [-0.25, -0.2) is 0 Å². The van der Waals surface area contributed by atoms with Gasteiger partial charge >= 0.3 is 8.80 Å². The zero-order chi connectivity index (χ0) is 21.4. The highest BCUT2D eigenvalue weighted by molar-refractivity contribution is 6.65. The molecule has 0 aromatic carbocycles. The lowest BCUT2D eigenvalue weighted by atomic mass is 9.84. The van der Waals surface area contributed by atoms with Crippen LogP contribution in [-0.2, 0) is 27.7 Å². The van der Waals surface area contributed by atoms with E-state index in [4.69, 9.17) is 17.7 Å². The normalized spacial score (nSPS) is 14.8. The van der Waals surface area contributed by atoms with Crippen molar-refractivity contribution in [1.29, 1.82) is 0 Å². The molecule has 0 aliphatic heterocycles. The highest BCUT2D eigenvalue weighted by Crippen LogP contribution is 2.37. The fourth-order valence-electron chi connectivity index (χ4n) is 3.72. The van der Waals surface area contributed by atoms with Gasteiger partial charge in [-0.2, -0.15) is 0 Å². The number of hydrogen-bond donors (Lipinski definition) is 0. The first-order chi connectivity index (χ1) is 13.7. The molecular formula is C21H30O7Si. The monoisotopic (exact) mass is 422 g/mol. The van der Waals surface area contributed by atoms with E-state index >= 15 is 0 Å². The molecule has 0 amide bonds. The summed E-state index contributed by atoms with van der Waals surface area (Å²) in [5, 5.41) is 0. The van der Waals surface area contributed by atoms with Crippen molar-refractivity contribution < 1.29 is 32.1 Å². The zero-order valence-corrected chi connectivity index (χ0v) is 18.6. The minimum Gasteiger partial charge on any atom is -0.457 e. The Kier molecular flexibility index (Phi) is 8.25. The second-order valence-corrected chi connectivity index (χ2v) is 9.83. The maximum atomic E-state index is 10.9. The van der Waals surface area contributed by atoms with Gasteiger partial charge in [-0.15, -0.1) is 0 Å².